The highest BCUT2D eigenvalue weighted by atomic mass is 14.9. The van der Waals surface area contributed by atoms with E-state index in [-0.39, 0.29) is 0 Å². The summed E-state index contributed by atoms with van der Waals surface area (Å²) in [6.45, 7) is 0. The van der Waals surface area contributed by atoms with Crippen LogP contribution in [0.15, 0.2) is 84.9 Å². The quantitative estimate of drug-likeness (QED) is 0.399. The second-order valence-electron chi connectivity index (χ2n) is 6.90. The van der Waals surface area contributed by atoms with Gasteiger partial charge in [0, 0.05) is 0 Å². The molecule has 0 atom stereocenters. The Morgan fingerprint density at radius 2 is 0.759 bits per heavy atom. The normalized spacial score (nSPS) is 11.4. The van der Waals surface area contributed by atoms with Crippen LogP contribution in [0.25, 0.3) is 44.1 Å². The average molecular weight is 373 g/mol. The van der Waals surface area contributed by atoms with Gasteiger partial charge in [-0.25, -0.2) is 19.9 Å². The lowest BCUT2D eigenvalue weighted by molar-refractivity contribution is 1.37. The fourth-order valence-electron chi connectivity index (χ4n) is 3.63. The first-order valence-electron chi connectivity index (χ1n) is 9.43. The van der Waals surface area contributed by atoms with Crippen LogP contribution in [0.5, 0.6) is 0 Å². The molecular formula is C24H15N5. The van der Waals surface area contributed by atoms with Crippen molar-refractivity contribution >= 4 is 55.5 Å². The molecule has 0 radical (unpaired) electrons. The van der Waals surface area contributed by atoms with Gasteiger partial charge in [-0.3, -0.25) is 0 Å². The Hall–Kier alpha value is -4.12. The molecule has 6 aromatic rings. The molecule has 0 amide bonds. The van der Waals surface area contributed by atoms with Crippen molar-refractivity contribution in [3.63, 3.8) is 0 Å². The van der Waals surface area contributed by atoms with E-state index in [4.69, 9.17) is 19.9 Å². The maximum Gasteiger partial charge on any atom is 0.113 e. The van der Waals surface area contributed by atoms with Gasteiger partial charge in [0.05, 0.1) is 44.5 Å². The molecule has 4 aromatic carbocycles. The molecule has 29 heavy (non-hydrogen) atoms. The zero-order valence-electron chi connectivity index (χ0n) is 15.4. The van der Waals surface area contributed by atoms with Crippen molar-refractivity contribution in [3.05, 3.63) is 84.9 Å². The summed E-state index contributed by atoms with van der Waals surface area (Å²) in [6.07, 6.45) is 0. The highest BCUT2D eigenvalue weighted by Gasteiger charge is 2.10. The van der Waals surface area contributed by atoms with E-state index in [0.29, 0.717) is 0 Å². The van der Waals surface area contributed by atoms with Gasteiger partial charge in [0.1, 0.15) is 11.0 Å². The number of nitrogens with one attached hydrogen (secondary N) is 1. The predicted octanol–water partition coefficient (Wildman–Crippen LogP) is 5.62. The molecule has 0 bridgehead atoms. The smallest absolute Gasteiger partial charge is 0.113 e. The number of para-hydroxylation sites is 6. The van der Waals surface area contributed by atoms with Gasteiger partial charge in [0.25, 0.3) is 0 Å². The Bertz CT molecular complexity index is 1420. The van der Waals surface area contributed by atoms with E-state index in [1.54, 1.807) is 0 Å². The van der Waals surface area contributed by atoms with Crippen LogP contribution in [-0.4, -0.2) is 19.9 Å². The second-order valence-corrected chi connectivity index (χ2v) is 6.90. The van der Waals surface area contributed by atoms with E-state index >= 15 is 0 Å². The molecule has 0 aliphatic carbocycles. The number of hydrogen-bond acceptors (Lipinski definition) is 5. The molecule has 0 unspecified atom stereocenters. The minimum Gasteiger partial charge on any atom is -0.352 e. The highest BCUT2D eigenvalue weighted by molar-refractivity contribution is 5.99. The van der Waals surface area contributed by atoms with E-state index in [2.05, 4.69) is 5.32 Å². The minimum atomic E-state index is 0.831. The molecular weight excluding hydrogens is 358 g/mol. The number of rotatable bonds is 2. The first-order valence-corrected chi connectivity index (χ1v) is 9.43. The van der Waals surface area contributed by atoms with Crippen molar-refractivity contribution in [2.24, 2.45) is 0 Å². The summed E-state index contributed by atoms with van der Waals surface area (Å²) in [6, 6.07) is 27.8. The van der Waals surface area contributed by atoms with Crippen molar-refractivity contribution in [1.29, 1.82) is 0 Å². The lowest BCUT2D eigenvalue weighted by atomic mass is 10.2. The highest BCUT2D eigenvalue weighted by Crippen LogP contribution is 2.29. The Labute approximate surface area is 166 Å². The number of hydrogen-bond donors (Lipinski definition) is 1. The summed E-state index contributed by atoms with van der Waals surface area (Å²) in [7, 11) is 0. The summed E-state index contributed by atoms with van der Waals surface area (Å²) in [4.78, 5) is 19.2. The van der Waals surface area contributed by atoms with Crippen molar-refractivity contribution < 1.29 is 0 Å². The van der Waals surface area contributed by atoms with Crippen molar-refractivity contribution in [2.45, 2.75) is 0 Å². The van der Waals surface area contributed by atoms with Crippen molar-refractivity contribution in [3.8, 4) is 0 Å². The van der Waals surface area contributed by atoms with E-state index in [0.717, 1.165) is 55.5 Å². The average Bonchev–Trinajstić information content (AvgIpc) is 2.77. The topological polar surface area (TPSA) is 63.6 Å². The number of nitrogens with zero attached hydrogens (tertiary/aromatic N) is 4. The van der Waals surface area contributed by atoms with Gasteiger partial charge in [-0.2, -0.15) is 0 Å². The molecule has 2 heterocycles. The SMILES string of the molecule is c1ccc2nc3c(Nc4cccc5nc6ccccc6nc45)cccc3nc2c1. The summed E-state index contributed by atoms with van der Waals surface area (Å²) in [5.74, 6) is 0. The van der Waals surface area contributed by atoms with Gasteiger partial charge in [-0.1, -0.05) is 36.4 Å². The minimum absolute atomic E-state index is 0.831. The van der Waals surface area contributed by atoms with E-state index in [1.807, 2.05) is 84.9 Å². The third-order valence-corrected chi connectivity index (χ3v) is 5.01. The fraction of sp³-hybridized carbons (Fsp3) is 0. The second kappa shape index (κ2) is 6.21. The van der Waals surface area contributed by atoms with Gasteiger partial charge in [0.2, 0.25) is 0 Å². The van der Waals surface area contributed by atoms with Gasteiger partial charge in [-0.05, 0) is 48.5 Å². The standard InChI is InChI=1S/C24H15N5/c1-3-9-17-15(7-1)25-19-11-5-13-21(23(19)28-17)27-22-14-6-12-20-24(22)29-18-10-4-2-8-16(18)26-20/h1-14,27H. The zero-order chi connectivity index (χ0) is 19.2. The van der Waals surface area contributed by atoms with Crippen LogP contribution < -0.4 is 5.32 Å². The largest absolute Gasteiger partial charge is 0.352 e. The van der Waals surface area contributed by atoms with Gasteiger partial charge >= 0.3 is 0 Å². The predicted molar refractivity (Wildman–Crippen MR) is 117 cm³/mol. The first-order chi connectivity index (χ1) is 14.3. The van der Waals surface area contributed by atoms with Gasteiger partial charge < -0.3 is 5.32 Å². The summed E-state index contributed by atoms with van der Waals surface area (Å²) in [5, 5.41) is 3.51. The number of benzene rings is 4. The van der Waals surface area contributed by atoms with Crippen LogP contribution in [0.3, 0.4) is 0 Å². The number of fused-ring (bicyclic) bond motifs is 4. The molecule has 0 fully saturated rings. The molecule has 5 nitrogen and oxygen atoms in total. The van der Waals surface area contributed by atoms with Crippen molar-refractivity contribution in [2.75, 3.05) is 5.32 Å². The molecule has 136 valence electrons. The van der Waals surface area contributed by atoms with Crippen LogP contribution >= 0.6 is 0 Å². The third-order valence-electron chi connectivity index (χ3n) is 5.01. The number of aromatic nitrogens is 4. The molecule has 6 rings (SSSR count). The molecule has 0 saturated heterocycles. The van der Waals surface area contributed by atoms with Crippen LogP contribution in [0.2, 0.25) is 0 Å². The van der Waals surface area contributed by atoms with E-state index < -0.39 is 0 Å². The Morgan fingerprint density at radius 1 is 0.379 bits per heavy atom. The molecule has 1 N–H and O–H groups in total. The van der Waals surface area contributed by atoms with E-state index in [1.165, 1.54) is 0 Å². The van der Waals surface area contributed by atoms with Gasteiger partial charge in [-0.15, -0.1) is 0 Å². The lowest BCUT2D eigenvalue weighted by Crippen LogP contribution is -1.97. The molecule has 0 spiro atoms. The Kier molecular flexibility index (Phi) is 3.40. The maximum absolute atomic E-state index is 4.84. The monoisotopic (exact) mass is 373 g/mol. The zero-order valence-corrected chi connectivity index (χ0v) is 15.4. The Morgan fingerprint density at radius 3 is 1.21 bits per heavy atom. The molecule has 0 aliphatic rings. The van der Waals surface area contributed by atoms with Crippen LogP contribution in [-0.2, 0) is 0 Å². The third kappa shape index (κ3) is 2.63. The fourth-order valence-corrected chi connectivity index (χ4v) is 3.63. The summed E-state index contributed by atoms with van der Waals surface area (Å²) in [5.41, 5.74) is 8.67. The van der Waals surface area contributed by atoms with Crippen LogP contribution in [0.1, 0.15) is 0 Å². The summed E-state index contributed by atoms with van der Waals surface area (Å²) < 4.78 is 0. The number of anilines is 2. The summed E-state index contributed by atoms with van der Waals surface area (Å²) >= 11 is 0. The maximum atomic E-state index is 4.84. The van der Waals surface area contributed by atoms with Crippen molar-refractivity contribution in [1.82, 2.24) is 19.9 Å². The van der Waals surface area contributed by atoms with Crippen LogP contribution in [0.4, 0.5) is 11.4 Å². The van der Waals surface area contributed by atoms with Crippen LogP contribution in [0, 0.1) is 0 Å². The first kappa shape index (κ1) is 15.9. The lowest BCUT2D eigenvalue weighted by Gasteiger charge is -2.12. The molecule has 0 aliphatic heterocycles. The molecule has 2 aromatic heterocycles. The van der Waals surface area contributed by atoms with Gasteiger partial charge in [0.15, 0.2) is 0 Å². The molecule has 5 heteroatoms. The molecule has 0 saturated carbocycles. The van der Waals surface area contributed by atoms with E-state index in [9.17, 15) is 0 Å². The Balaban J connectivity index is 1.55.